The van der Waals surface area contributed by atoms with E-state index in [2.05, 4.69) is 34.0 Å². The highest BCUT2D eigenvalue weighted by Crippen LogP contribution is 2.69. The van der Waals surface area contributed by atoms with E-state index >= 15 is 0 Å². The third-order valence-corrected chi connectivity index (χ3v) is 6.68. The monoisotopic (exact) mass is 364 g/mol. The number of aromatic nitrogens is 3. The average Bonchev–Trinajstić information content (AvgIpc) is 2.90. The van der Waals surface area contributed by atoms with E-state index in [-0.39, 0.29) is 23.9 Å². The lowest BCUT2D eigenvalue weighted by Gasteiger charge is -2.22. The summed E-state index contributed by atoms with van der Waals surface area (Å²) in [5.41, 5.74) is 3.76. The molecule has 0 unspecified atom stereocenters. The van der Waals surface area contributed by atoms with Gasteiger partial charge in [-0.1, -0.05) is 30.3 Å². The van der Waals surface area contributed by atoms with Gasteiger partial charge in [0.15, 0.2) is 5.65 Å². The summed E-state index contributed by atoms with van der Waals surface area (Å²) in [6.07, 6.45) is 1.27. The van der Waals surface area contributed by atoms with Gasteiger partial charge in [0, 0.05) is 42.4 Å². The van der Waals surface area contributed by atoms with E-state index in [1.165, 1.54) is 5.56 Å². The quantitative estimate of drug-likeness (QED) is 0.743. The van der Waals surface area contributed by atoms with Crippen LogP contribution in [0.2, 0.25) is 0 Å². The molecule has 140 valence electrons. The number of β-amino-alcohol motifs (C(OH)–C–C–N with tert-alkyl or cyclic N) is 1. The molecule has 27 heavy (non-hydrogen) atoms. The van der Waals surface area contributed by atoms with Gasteiger partial charge in [-0.15, -0.1) is 0 Å². The molecule has 5 rings (SSSR count). The molecule has 4 atom stereocenters. The summed E-state index contributed by atoms with van der Waals surface area (Å²) in [7, 11) is 0. The van der Waals surface area contributed by atoms with Crippen LogP contribution in [0.1, 0.15) is 22.7 Å². The van der Waals surface area contributed by atoms with Gasteiger partial charge in [-0.05, 0) is 31.2 Å². The fourth-order valence-electron chi connectivity index (χ4n) is 5.22. The molecule has 6 nitrogen and oxygen atoms in total. The zero-order valence-corrected chi connectivity index (χ0v) is 15.6. The van der Waals surface area contributed by atoms with Crippen LogP contribution < -0.4 is 4.90 Å². The van der Waals surface area contributed by atoms with Crippen molar-refractivity contribution in [2.45, 2.75) is 25.9 Å². The van der Waals surface area contributed by atoms with Gasteiger partial charge < -0.3 is 15.1 Å². The lowest BCUT2D eigenvalue weighted by molar-refractivity contribution is 0.113. The molecule has 1 aromatic carbocycles. The molecular formula is C21H24N4O2. The third-order valence-electron chi connectivity index (χ3n) is 6.68. The van der Waals surface area contributed by atoms with Gasteiger partial charge >= 0.3 is 0 Å². The Morgan fingerprint density at radius 3 is 2.70 bits per heavy atom. The molecule has 1 aliphatic heterocycles. The van der Waals surface area contributed by atoms with Crippen LogP contribution >= 0.6 is 0 Å². The van der Waals surface area contributed by atoms with Gasteiger partial charge in [0.25, 0.3) is 0 Å². The fraction of sp³-hybridized carbons (Fsp3) is 0.429. The van der Waals surface area contributed by atoms with Crippen LogP contribution in [-0.2, 0) is 0 Å². The van der Waals surface area contributed by atoms with Crippen molar-refractivity contribution in [1.29, 1.82) is 0 Å². The average molecular weight is 364 g/mol. The highest BCUT2D eigenvalue weighted by Gasteiger charge is 2.71. The number of anilines is 1. The Kier molecular flexibility index (Phi) is 3.58. The molecule has 0 bridgehead atoms. The zero-order chi connectivity index (χ0) is 18.8. The smallest absolute Gasteiger partial charge is 0.157 e. The van der Waals surface area contributed by atoms with E-state index in [9.17, 15) is 10.2 Å². The van der Waals surface area contributed by atoms with Crippen molar-refractivity contribution in [3.63, 3.8) is 0 Å². The Labute approximate surface area is 158 Å². The second-order valence-corrected chi connectivity index (χ2v) is 7.93. The largest absolute Gasteiger partial charge is 0.396 e. The minimum absolute atomic E-state index is 0.0799. The Morgan fingerprint density at radius 1 is 1.19 bits per heavy atom. The summed E-state index contributed by atoms with van der Waals surface area (Å²) in [6, 6.07) is 12.2. The molecule has 1 aliphatic carbocycles. The minimum Gasteiger partial charge on any atom is -0.396 e. The molecule has 1 saturated heterocycles. The normalized spacial score (nSPS) is 29.8. The number of hydrogen-bond donors (Lipinski definition) is 2. The third kappa shape index (κ3) is 2.20. The van der Waals surface area contributed by atoms with E-state index in [1.807, 2.05) is 35.7 Å². The molecule has 1 spiro atoms. The van der Waals surface area contributed by atoms with Crippen LogP contribution in [0.3, 0.4) is 0 Å². The number of rotatable bonds is 3. The number of fused-ring (bicyclic) bond motifs is 1. The highest BCUT2D eigenvalue weighted by molar-refractivity contribution is 5.58. The Morgan fingerprint density at radius 2 is 1.96 bits per heavy atom. The number of aliphatic hydroxyl groups excluding tert-OH is 2. The predicted molar refractivity (Wildman–Crippen MR) is 103 cm³/mol. The Balaban J connectivity index is 1.56. The summed E-state index contributed by atoms with van der Waals surface area (Å²) < 4.78 is 1.86. The van der Waals surface area contributed by atoms with Gasteiger partial charge in [-0.25, -0.2) is 4.98 Å². The molecule has 2 N–H and O–H groups in total. The van der Waals surface area contributed by atoms with Crippen molar-refractivity contribution >= 4 is 11.5 Å². The minimum atomic E-state index is -0.488. The predicted octanol–water partition coefficient (Wildman–Crippen LogP) is 1.92. The van der Waals surface area contributed by atoms with Crippen molar-refractivity contribution < 1.29 is 10.2 Å². The molecular weight excluding hydrogens is 340 g/mol. The molecule has 2 aliphatic rings. The summed E-state index contributed by atoms with van der Waals surface area (Å²) >= 11 is 0. The van der Waals surface area contributed by atoms with Crippen LogP contribution in [-0.4, -0.2) is 50.6 Å². The first-order valence-corrected chi connectivity index (χ1v) is 9.47. The Bertz CT molecular complexity index is 1000. The number of aliphatic hydroxyl groups is 2. The molecule has 1 saturated carbocycles. The number of benzene rings is 1. The van der Waals surface area contributed by atoms with Gasteiger partial charge in [0.2, 0.25) is 0 Å². The van der Waals surface area contributed by atoms with E-state index in [0.29, 0.717) is 13.1 Å². The maximum absolute atomic E-state index is 11.1. The molecule has 3 aromatic rings. The van der Waals surface area contributed by atoms with Gasteiger partial charge in [-0.2, -0.15) is 9.61 Å². The standard InChI is InChI=1S/C21H24N4O2/c1-13-14(2)23-18-8-9-22-25(18)20(13)24-10-17(27)21(12-24)16(11-26)19(21)15-6-4-3-5-7-15/h3-9,16-17,19,26-27H,10-12H2,1-2H3/t16-,17-,19-,21-/m1/s1. The lowest BCUT2D eigenvalue weighted by atomic mass is 9.95. The van der Waals surface area contributed by atoms with Crippen LogP contribution in [0.15, 0.2) is 42.6 Å². The lowest BCUT2D eigenvalue weighted by Crippen LogP contribution is -2.25. The van der Waals surface area contributed by atoms with Crippen molar-refractivity contribution in [2.75, 3.05) is 24.6 Å². The topological polar surface area (TPSA) is 73.9 Å². The second kappa shape index (κ2) is 5.78. The number of hydrogen-bond acceptors (Lipinski definition) is 5. The summed E-state index contributed by atoms with van der Waals surface area (Å²) in [6.45, 7) is 5.41. The molecule has 2 aromatic heterocycles. The van der Waals surface area contributed by atoms with E-state index in [0.717, 1.165) is 22.7 Å². The number of aryl methyl sites for hydroxylation is 1. The molecule has 2 fully saturated rings. The first-order valence-electron chi connectivity index (χ1n) is 9.47. The first-order chi connectivity index (χ1) is 13.1. The molecule has 3 heterocycles. The second-order valence-electron chi connectivity index (χ2n) is 7.93. The Hall–Kier alpha value is -2.44. The van der Waals surface area contributed by atoms with Crippen LogP contribution in [0.5, 0.6) is 0 Å². The van der Waals surface area contributed by atoms with Crippen LogP contribution in [0.4, 0.5) is 5.82 Å². The summed E-state index contributed by atoms with van der Waals surface area (Å²) in [5.74, 6) is 1.25. The van der Waals surface area contributed by atoms with E-state index in [1.54, 1.807) is 6.20 Å². The molecule has 6 heteroatoms. The van der Waals surface area contributed by atoms with E-state index in [4.69, 9.17) is 0 Å². The molecule has 0 amide bonds. The maximum Gasteiger partial charge on any atom is 0.157 e. The molecule has 0 radical (unpaired) electrons. The van der Waals surface area contributed by atoms with Crippen molar-refractivity contribution in [1.82, 2.24) is 14.6 Å². The maximum atomic E-state index is 11.1. The number of nitrogens with zero attached hydrogens (tertiary/aromatic N) is 4. The SMILES string of the molecule is Cc1nc2ccnn2c(N2C[C@@H](O)[C@@]3(C2)[C@H](CO)[C@H]3c2ccccc2)c1C. The van der Waals surface area contributed by atoms with Crippen LogP contribution in [0, 0.1) is 25.2 Å². The summed E-state index contributed by atoms with van der Waals surface area (Å²) in [4.78, 5) is 6.83. The van der Waals surface area contributed by atoms with Gasteiger partial charge in [-0.3, -0.25) is 0 Å². The zero-order valence-electron chi connectivity index (χ0n) is 15.6. The van der Waals surface area contributed by atoms with Gasteiger partial charge in [0.05, 0.1) is 12.3 Å². The fourth-order valence-corrected chi connectivity index (χ4v) is 5.22. The van der Waals surface area contributed by atoms with Crippen molar-refractivity contribution in [3.8, 4) is 0 Å². The van der Waals surface area contributed by atoms with E-state index < -0.39 is 6.10 Å². The van der Waals surface area contributed by atoms with Gasteiger partial charge in [0.1, 0.15) is 5.82 Å². The van der Waals surface area contributed by atoms with Crippen molar-refractivity contribution in [3.05, 3.63) is 59.4 Å². The summed E-state index contributed by atoms with van der Waals surface area (Å²) in [5, 5.41) is 25.5. The highest BCUT2D eigenvalue weighted by atomic mass is 16.3. The van der Waals surface area contributed by atoms with Crippen LogP contribution in [0.25, 0.3) is 5.65 Å². The van der Waals surface area contributed by atoms with Crippen molar-refractivity contribution in [2.24, 2.45) is 11.3 Å². The first kappa shape index (κ1) is 16.7.